The lowest BCUT2D eigenvalue weighted by Crippen LogP contribution is -2.53. The van der Waals surface area contributed by atoms with Crippen LogP contribution in [0.4, 0.5) is 0 Å². The molecule has 1 aromatic carbocycles. The molecule has 1 unspecified atom stereocenters. The maximum Gasteiger partial charge on any atom is 0.296 e. The number of rotatable bonds is 14. The Morgan fingerprint density at radius 1 is 1.12 bits per heavy atom. The predicted molar refractivity (Wildman–Crippen MR) is 123 cm³/mol. The first-order valence-electron chi connectivity index (χ1n) is 10.6. The molecule has 0 aliphatic rings. The van der Waals surface area contributed by atoms with Gasteiger partial charge in [0.1, 0.15) is 12.1 Å². The minimum Gasteiger partial charge on any atom is -0.368 e. The van der Waals surface area contributed by atoms with Gasteiger partial charge in [0.05, 0.1) is 24.5 Å². The Hall–Kier alpha value is -3.43. The molecule has 186 valence electrons. The highest BCUT2D eigenvalue weighted by Crippen LogP contribution is 2.12. The zero-order chi connectivity index (χ0) is 25.7. The number of hydrogen-bond donors (Lipinski definition) is 4. The monoisotopic (exact) mass is 494 g/mol. The second-order valence-electron chi connectivity index (χ2n) is 7.42. The fourth-order valence-corrected chi connectivity index (χ4v) is 3.64. The summed E-state index contributed by atoms with van der Waals surface area (Å²) in [6, 6.07) is 5.44. The minimum absolute atomic E-state index is 0.0358. The first kappa shape index (κ1) is 28.6. The second-order valence-corrected chi connectivity index (χ2v) is 9.03. The molecule has 3 atom stereocenters. The molecule has 34 heavy (non-hydrogen) atoms. The molecule has 4 amide bonds. The van der Waals surface area contributed by atoms with Crippen LogP contribution < -0.4 is 21.7 Å². The lowest BCUT2D eigenvalue weighted by Gasteiger charge is -2.23. The Morgan fingerprint density at radius 2 is 1.76 bits per heavy atom. The third-order valence-corrected chi connectivity index (χ3v) is 6.16. The van der Waals surface area contributed by atoms with E-state index < -0.39 is 59.0 Å². The number of carbonyl (C=O) groups excluding carboxylic acids is 4. The van der Waals surface area contributed by atoms with Gasteiger partial charge in [-0.15, -0.1) is 12.3 Å². The van der Waals surface area contributed by atoms with E-state index in [1.54, 1.807) is 25.1 Å². The lowest BCUT2D eigenvalue weighted by atomic mass is 9.98. The summed E-state index contributed by atoms with van der Waals surface area (Å²) in [5, 5.41) is 7.25. The molecule has 0 aromatic heterocycles. The van der Waals surface area contributed by atoms with Crippen molar-refractivity contribution in [2.75, 3.05) is 13.2 Å². The van der Waals surface area contributed by atoms with Gasteiger partial charge < -0.3 is 21.7 Å². The van der Waals surface area contributed by atoms with Crippen LogP contribution in [0.3, 0.4) is 0 Å². The molecule has 0 radical (unpaired) electrons. The first-order chi connectivity index (χ1) is 16.0. The summed E-state index contributed by atoms with van der Waals surface area (Å²) in [6.07, 6.45) is 5.26. The maximum absolute atomic E-state index is 12.6. The molecule has 0 aliphatic carbocycles. The Kier molecular flexibility index (Phi) is 11.8. The molecule has 1 rings (SSSR count). The molecule has 0 bridgehead atoms. The molecule has 0 heterocycles. The van der Waals surface area contributed by atoms with E-state index >= 15 is 0 Å². The summed E-state index contributed by atoms with van der Waals surface area (Å²) in [4.78, 5) is 48.2. The molecule has 0 saturated carbocycles. The van der Waals surface area contributed by atoms with Gasteiger partial charge >= 0.3 is 0 Å². The molecule has 12 heteroatoms. The highest BCUT2D eigenvalue weighted by Gasteiger charge is 2.27. The van der Waals surface area contributed by atoms with Gasteiger partial charge in [0.15, 0.2) is 0 Å². The van der Waals surface area contributed by atoms with E-state index in [2.05, 4.69) is 21.9 Å². The van der Waals surface area contributed by atoms with Crippen LogP contribution >= 0.6 is 0 Å². The van der Waals surface area contributed by atoms with Crippen molar-refractivity contribution < 1.29 is 31.8 Å². The third kappa shape index (κ3) is 9.60. The van der Waals surface area contributed by atoms with Crippen LogP contribution in [-0.4, -0.2) is 57.3 Å². The van der Waals surface area contributed by atoms with Crippen LogP contribution in [0.5, 0.6) is 0 Å². The van der Waals surface area contributed by atoms with Gasteiger partial charge in [-0.3, -0.25) is 23.4 Å². The van der Waals surface area contributed by atoms with E-state index in [1.807, 2.05) is 6.92 Å². The number of benzene rings is 1. The largest absolute Gasteiger partial charge is 0.368 e. The summed E-state index contributed by atoms with van der Waals surface area (Å²) in [7, 11) is -4.01. The number of amides is 4. The van der Waals surface area contributed by atoms with Gasteiger partial charge in [-0.1, -0.05) is 38.5 Å². The molecular formula is C22H30N4O7S. The molecule has 0 aliphatic heterocycles. The molecule has 5 N–H and O–H groups in total. The highest BCUT2D eigenvalue weighted by molar-refractivity contribution is 7.86. The summed E-state index contributed by atoms with van der Waals surface area (Å²) in [5.74, 6) is -0.781. The molecular weight excluding hydrogens is 464 g/mol. The third-order valence-electron chi connectivity index (χ3n) is 4.84. The van der Waals surface area contributed by atoms with Crippen LogP contribution in [0.2, 0.25) is 0 Å². The van der Waals surface area contributed by atoms with Crippen molar-refractivity contribution in [1.29, 1.82) is 0 Å². The standard InChI is InChI=1S/C22H30N4O7S/c1-4-9-17(21(23)29)25-19(28)14-24-22(30)20(15(3)5-2)26-18(27)12-13-33-34(31,32)16-10-7-6-8-11-16/h1,6-8,10-11,15,17,20H,5,9,12-14H2,2-3H3,(H2,23,29)(H,24,30)(H,25,28)(H,26,27)/t15?,17-,20-/m0/s1. The van der Waals surface area contributed by atoms with Gasteiger partial charge in [0.25, 0.3) is 10.1 Å². The average Bonchev–Trinajstić information content (AvgIpc) is 2.80. The van der Waals surface area contributed by atoms with Crippen molar-refractivity contribution in [2.24, 2.45) is 11.7 Å². The quantitative estimate of drug-likeness (QED) is 0.198. The van der Waals surface area contributed by atoms with Crippen LogP contribution in [-0.2, 0) is 33.5 Å². The molecule has 0 fully saturated rings. The number of hydrogen-bond acceptors (Lipinski definition) is 7. The van der Waals surface area contributed by atoms with Gasteiger partial charge in [-0.05, 0) is 18.1 Å². The predicted octanol–water partition coefficient (Wildman–Crippen LogP) is -0.577. The van der Waals surface area contributed by atoms with Crippen LogP contribution in [0, 0.1) is 18.3 Å². The van der Waals surface area contributed by atoms with Crippen molar-refractivity contribution in [1.82, 2.24) is 16.0 Å². The zero-order valence-electron chi connectivity index (χ0n) is 19.1. The van der Waals surface area contributed by atoms with E-state index in [-0.39, 0.29) is 23.7 Å². The van der Waals surface area contributed by atoms with E-state index in [1.165, 1.54) is 12.1 Å². The second kappa shape index (κ2) is 14.0. The molecule has 11 nitrogen and oxygen atoms in total. The zero-order valence-corrected chi connectivity index (χ0v) is 19.9. The van der Waals surface area contributed by atoms with Gasteiger partial charge in [0.2, 0.25) is 23.6 Å². The fraction of sp³-hybridized carbons (Fsp3) is 0.455. The van der Waals surface area contributed by atoms with Gasteiger partial charge in [0, 0.05) is 6.42 Å². The van der Waals surface area contributed by atoms with Crippen molar-refractivity contribution in [2.45, 2.75) is 50.1 Å². The number of nitrogens with one attached hydrogen (secondary N) is 3. The van der Waals surface area contributed by atoms with Crippen LogP contribution in [0.25, 0.3) is 0 Å². The topological polar surface area (TPSA) is 174 Å². The van der Waals surface area contributed by atoms with E-state index in [0.29, 0.717) is 6.42 Å². The molecule has 0 saturated heterocycles. The van der Waals surface area contributed by atoms with Crippen LogP contribution in [0.1, 0.15) is 33.1 Å². The summed E-state index contributed by atoms with van der Waals surface area (Å²) in [5.41, 5.74) is 5.16. The van der Waals surface area contributed by atoms with Gasteiger partial charge in [-0.25, -0.2) is 0 Å². The SMILES string of the molecule is C#CC[C@H](NC(=O)CNC(=O)[C@@H](NC(=O)CCOS(=O)(=O)c1ccccc1)C(C)CC)C(N)=O. The fourth-order valence-electron chi connectivity index (χ4n) is 2.71. The molecule has 0 spiro atoms. The summed E-state index contributed by atoms with van der Waals surface area (Å²) in [6.45, 7) is 2.67. The molecule has 1 aromatic rings. The maximum atomic E-state index is 12.6. The van der Waals surface area contributed by atoms with Crippen molar-refractivity contribution in [3.63, 3.8) is 0 Å². The number of carbonyl (C=O) groups is 4. The summed E-state index contributed by atoms with van der Waals surface area (Å²) < 4.78 is 29.1. The van der Waals surface area contributed by atoms with E-state index in [4.69, 9.17) is 16.3 Å². The highest BCUT2D eigenvalue weighted by atomic mass is 32.2. The Balaban J connectivity index is 2.62. The number of nitrogens with two attached hydrogens (primary N) is 1. The number of primary amides is 1. The van der Waals surface area contributed by atoms with Crippen LogP contribution in [0.15, 0.2) is 35.2 Å². The van der Waals surface area contributed by atoms with Crippen molar-refractivity contribution in [3.05, 3.63) is 30.3 Å². The van der Waals surface area contributed by atoms with E-state index in [0.717, 1.165) is 0 Å². The average molecular weight is 495 g/mol. The van der Waals surface area contributed by atoms with Gasteiger partial charge in [-0.2, -0.15) is 8.42 Å². The Bertz CT molecular complexity index is 1010. The number of terminal acetylenes is 1. The Labute approximate surface area is 199 Å². The summed E-state index contributed by atoms with van der Waals surface area (Å²) >= 11 is 0. The minimum atomic E-state index is -4.01. The smallest absolute Gasteiger partial charge is 0.296 e. The Morgan fingerprint density at radius 3 is 2.32 bits per heavy atom. The normalized spacial score (nSPS) is 13.6. The van der Waals surface area contributed by atoms with E-state index in [9.17, 15) is 27.6 Å². The first-order valence-corrected chi connectivity index (χ1v) is 12.0. The van der Waals surface area contributed by atoms with Crippen molar-refractivity contribution >= 4 is 33.7 Å². The lowest BCUT2D eigenvalue weighted by molar-refractivity contribution is -0.132. The van der Waals surface area contributed by atoms with Crippen molar-refractivity contribution in [3.8, 4) is 12.3 Å².